The van der Waals surface area contributed by atoms with Crippen LogP contribution < -0.4 is 10.2 Å². The highest BCUT2D eigenvalue weighted by atomic mass is 35.5. The van der Waals surface area contributed by atoms with Gasteiger partial charge in [0, 0.05) is 36.9 Å². The predicted molar refractivity (Wildman–Crippen MR) is 153 cm³/mol. The molecule has 3 heterocycles. The van der Waals surface area contributed by atoms with E-state index in [1.54, 1.807) is 24.3 Å². The Balaban J connectivity index is 1.32. The minimum Gasteiger partial charge on any atom is -0.334 e. The minimum atomic E-state index is -4.65. The highest BCUT2D eigenvalue weighted by Crippen LogP contribution is 2.50. The number of carbonyl (C=O) groups excluding carboxylic acids is 1. The number of fused-ring (bicyclic) bond motifs is 2. The van der Waals surface area contributed by atoms with Crippen LogP contribution in [0.25, 0.3) is 6.08 Å². The van der Waals surface area contributed by atoms with Crippen molar-refractivity contribution < 1.29 is 18.0 Å². The van der Waals surface area contributed by atoms with Crippen LogP contribution in [-0.2, 0) is 18.1 Å². The average molecular weight is 600 g/mol. The third-order valence-corrected chi connectivity index (χ3v) is 8.24. The van der Waals surface area contributed by atoms with E-state index in [0.717, 1.165) is 17.2 Å². The molecule has 5 rings (SSSR count). The Bertz CT molecular complexity index is 1510. The molecule has 2 aromatic carbocycles. The van der Waals surface area contributed by atoms with Gasteiger partial charge in [0.05, 0.1) is 22.2 Å². The SMILES string of the molecule is N#Cc1ccc(C=CCN2CCC3(CC2)CN(C(=O)NCc2ccnc(Cl)c2)c2cc(C(F)(F)F)c(Cl)cc23)cc1. The number of rotatable bonds is 5. The zero-order valence-electron chi connectivity index (χ0n) is 21.9. The Kier molecular flexibility index (Phi) is 8.28. The number of alkyl halides is 3. The summed E-state index contributed by atoms with van der Waals surface area (Å²) in [5.41, 5.74) is 1.76. The normalized spacial score (nSPS) is 16.6. The van der Waals surface area contributed by atoms with Gasteiger partial charge in [-0.3, -0.25) is 9.80 Å². The molecule has 0 radical (unpaired) electrons. The first-order valence-electron chi connectivity index (χ1n) is 13.0. The van der Waals surface area contributed by atoms with E-state index in [9.17, 15) is 18.0 Å². The molecular weight excluding hydrogens is 574 g/mol. The fourth-order valence-corrected chi connectivity index (χ4v) is 5.97. The van der Waals surface area contributed by atoms with E-state index in [4.69, 9.17) is 28.5 Å². The number of nitrogens with zero attached hydrogens (tertiary/aromatic N) is 4. The molecule has 2 aliphatic heterocycles. The zero-order chi connectivity index (χ0) is 29.2. The fraction of sp³-hybridized carbons (Fsp3) is 0.300. The number of halogens is 5. The van der Waals surface area contributed by atoms with Crippen molar-refractivity contribution in [1.29, 1.82) is 5.26 Å². The van der Waals surface area contributed by atoms with E-state index < -0.39 is 23.2 Å². The quantitative estimate of drug-likeness (QED) is 0.319. The standard InChI is InChI=1S/C30H26Cl2F3N5O/c31-25-15-24-26(16-23(25)30(33,34)35)40(28(41)38-18-22-7-10-37-27(32)14-22)19-29(24)8-12-39(13-9-29)11-1-2-20-3-5-21(17-36)6-4-20/h1-7,10,14-16H,8-9,11-13,18-19H2,(H,38,41). The zero-order valence-corrected chi connectivity index (χ0v) is 23.4. The molecule has 1 aromatic heterocycles. The van der Waals surface area contributed by atoms with Crippen molar-refractivity contribution in [1.82, 2.24) is 15.2 Å². The van der Waals surface area contributed by atoms with E-state index in [-0.39, 0.29) is 29.0 Å². The van der Waals surface area contributed by atoms with Gasteiger partial charge in [-0.25, -0.2) is 9.78 Å². The van der Waals surface area contributed by atoms with Crippen molar-refractivity contribution in [2.75, 3.05) is 31.1 Å². The van der Waals surface area contributed by atoms with Crippen LogP contribution in [-0.4, -0.2) is 42.1 Å². The van der Waals surface area contributed by atoms with Crippen molar-refractivity contribution in [3.8, 4) is 6.07 Å². The molecule has 0 aliphatic carbocycles. The highest BCUT2D eigenvalue weighted by Gasteiger charge is 2.48. The van der Waals surface area contributed by atoms with Gasteiger partial charge in [-0.15, -0.1) is 0 Å². The van der Waals surface area contributed by atoms with Gasteiger partial charge in [-0.05, 0) is 79.0 Å². The number of nitriles is 1. The van der Waals surface area contributed by atoms with Gasteiger partial charge in [-0.2, -0.15) is 18.4 Å². The minimum absolute atomic E-state index is 0.152. The van der Waals surface area contributed by atoms with Crippen molar-refractivity contribution in [3.63, 3.8) is 0 Å². The number of benzene rings is 2. The van der Waals surface area contributed by atoms with E-state index in [1.165, 1.54) is 17.2 Å². The van der Waals surface area contributed by atoms with Crippen LogP contribution in [0.4, 0.5) is 23.7 Å². The first-order valence-corrected chi connectivity index (χ1v) is 13.8. The lowest BCUT2D eigenvalue weighted by Gasteiger charge is -2.39. The highest BCUT2D eigenvalue weighted by molar-refractivity contribution is 6.31. The number of hydrogen-bond acceptors (Lipinski definition) is 4. The summed E-state index contributed by atoms with van der Waals surface area (Å²) in [5.74, 6) is 0. The van der Waals surface area contributed by atoms with Crippen LogP contribution in [0, 0.1) is 11.3 Å². The molecule has 1 spiro atoms. The average Bonchev–Trinajstić information content (AvgIpc) is 3.25. The van der Waals surface area contributed by atoms with Gasteiger partial charge in [-0.1, -0.05) is 47.5 Å². The van der Waals surface area contributed by atoms with Crippen LogP contribution in [0.1, 0.15) is 40.7 Å². The number of amides is 2. The van der Waals surface area contributed by atoms with E-state index in [1.807, 2.05) is 18.2 Å². The third kappa shape index (κ3) is 6.35. The number of pyridine rings is 1. The van der Waals surface area contributed by atoms with Crippen molar-refractivity contribution >= 4 is 41.0 Å². The van der Waals surface area contributed by atoms with Crippen LogP contribution in [0.5, 0.6) is 0 Å². The number of urea groups is 1. The Morgan fingerprint density at radius 1 is 1.12 bits per heavy atom. The van der Waals surface area contributed by atoms with Crippen molar-refractivity contribution in [3.05, 3.63) is 98.8 Å². The molecule has 212 valence electrons. The van der Waals surface area contributed by atoms with Crippen molar-refractivity contribution in [2.24, 2.45) is 0 Å². The van der Waals surface area contributed by atoms with Crippen LogP contribution in [0.3, 0.4) is 0 Å². The predicted octanol–water partition coefficient (Wildman–Crippen LogP) is 7.06. The molecule has 0 atom stereocenters. The first-order chi connectivity index (χ1) is 19.6. The number of carbonyl (C=O) groups is 1. The number of aromatic nitrogens is 1. The molecule has 1 saturated heterocycles. The summed E-state index contributed by atoms with van der Waals surface area (Å²) in [5, 5.41) is 11.7. The molecule has 1 N–H and O–H groups in total. The lowest BCUT2D eigenvalue weighted by molar-refractivity contribution is -0.137. The molecule has 3 aromatic rings. The smallest absolute Gasteiger partial charge is 0.334 e. The lowest BCUT2D eigenvalue weighted by atomic mass is 9.74. The maximum Gasteiger partial charge on any atom is 0.417 e. The molecule has 41 heavy (non-hydrogen) atoms. The summed E-state index contributed by atoms with van der Waals surface area (Å²) in [6.45, 7) is 2.54. The maximum absolute atomic E-state index is 13.8. The van der Waals surface area contributed by atoms with Gasteiger partial charge in [0.25, 0.3) is 0 Å². The van der Waals surface area contributed by atoms with Crippen LogP contribution in [0.2, 0.25) is 10.2 Å². The second kappa shape index (κ2) is 11.7. The lowest BCUT2D eigenvalue weighted by Crippen LogP contribution is -2.47. The topological polar surface area (TPSA) is 72.3 Å². The summed E-state index contributed by atoms with van der Waals surface area (Å²) in [6, 6.07) is 14.7. The molecule has 1 fully saturated rings. The third-order valence-electron chi connectivity index (χ3n) is 7.72. The van der Waals surface area contributed by atoms with Gasteiger partial charge in [0.15, 0.2) is 0 Å². The molecule has 0 bridgehead atoms. The largest absolute Gasteiger partial charge is 0.417 e. The Hall–Kier alpha value is -3.58. The summed E-state index contributed by atoms with van der Waals surface area (Å²) >= 11 is 12.1. The van der Waals surface area contributed by atoms with Gasteiger partial charge in [0.2, 0.25) is 0 Å². The van der Waals surface area contributed by atoms with Gasteiger partial charge in [0.1, 0.15) is 5.15 Å². The molecule has 0 saturated carbocycles. The molecule has 11 heteroatoms. The van der Waals surface area contributed by atoms with E-state index in [2.05, 4.69) is 27.3 Å². The van der Waals surface area contributed by atoms with Crippen LogP contribution >= 0.6 is 23.2 Å². The number of nitrogens with one attached hydrogen (secondary N) is 1. The summed E-state index contributed by atoms with van der Waals surface area (Å²) < 4.78 is 41.3. The molecule has 2 amide bonds. The monoisotopic (exact) mass is 599 g/mol. The molecular formula is C30H26Cl2F3N5O. The molecule has 6 nitrogen and oxygen atoms in total. The number of hydrogen-bond donors (Lipinski definition) is 1. The van der Waals surface area contributed by atoms with Gasteiger partial charge < -0.3 is 5.32 Å². The Morgan fingerprint density at radius 3 is 2.51 bits per heavy atom. The number of piperidine rings is 1. The van der Waals surface area contributed by atoms with Crippen molar-refractivity contribution in [2.45, 2.75) is 31.0 Å². The fourth-order valence-electron chi connectivity index (χ4n) is 5.50. The second-order valence-electron chi connectivity index (χ2n) is 10.3. The maximum atomic E-state index is 13.8. The Labute approximate surface area is 246 Å². The van der Waals surface area contributed by atoms with Gasteiger partial charge >= 0.3 is 12.2 Å². The second-order valence-corrected chi connectivity index (χ2v) is 11.1. The summed E-state index contributed by atoms with van der Waals surface area (Å²) in [6.07, 6.45) is 2.25. The molecule has 0 unspecified atom stereocenters. The summed E-state index contributed by atoms with van der Waals surface area (Å²) in [4.78, 5) is 20.9. The number of likely N-dealkylation sites (tertiary alicyclic amines) is 1. The number of anilines is 1. The summed E-state index contributed by atoms with van der Waals surface area (Å²) in [7, 11) is 0. The first kappa shape index (κ1) is 28.9. The van der Waals surface area contributed by atoms with Crippen LogP contribution in [0.15, 0.2) is 60.8 Å². The van der Waals surface area contributed by atoms with E-state index in [0.29, 0.717) is 43.6 Å². The van der Waals surface area contributed by atoms with E-state index >= 15 is 0 Å². The molecule has 2 aliphatic rings. The Morgan fingerprint density at radius 2 is 1.85 bits per heavy atom.